The first kappa shape index (κ1) is 18.0. The number of carbonyl (C=O) groups is 1. The summed E-state index contributed by atoms with van der Waals surface area (Å²) < 4.78 is 20.5. The van der Waals surface area contributed by atoms with Crippen LogP contribution in [0.4, 0.5) is 0 Å². The van der Waals surface area contributed by atoms with Crippen molar-refractivity contribution in [3.8, 4) is 0 Å². The number of hydrogen-bond acceptors (Lipinski definition) is 5. The van der Waals surface area contributed by atoms with E-state index in [1.807, 2.05) is 0 Å². The average molecular weight is 276 g/mol. The Labute approximate surface area is 114 Å². The van der Waals surface area contributed by atoms with Crippen LogP contribution in [-0.4, -0.2) is 64.4 Å². The lowest BCUT2D eigenvalue weighted by atomic mass is 10.2. The van der Waals surface area contributed by atoms with Gasteiger partial charge in [0.2, 0.25) is 0 Å². The first-order valence-corrected chi connectivity index (χ1v) is 6.36. The monoisotopic (exact) mass is 276 g/mol. The van der Waals surface area contributed by atoms with Crippen molar-refractivity contribution in [2.24, 2.45) is 0 Å². The van der Waals surface area contributed by atoms with E-state index >= 15 is 0 Å². The molecule has 19 heavy (non-hydrogen) atoms. The summed E-state index contributed by atoms with van der Waals surface area (Å²) in [6.07, 6.45) is 2.07. The standard InChI is InChI=1S/C13H24O6/c1-3-12(13(14)15)4-5-17-8-9-19-11-10-18-7-6-16-2/h4H,3,5-11H2,1-2H3,(H,14,15). The maximum Gasteiger partial charge on any atom is 0.331 e. The molecule has 0 aromatic rings. The fourth-order valence-corrected chi connectivity index (χ4v) is 1.21. The molecule has 0 radical (unpaired) electrons. The third-order valence-corrected chi connectivity index (χ3v) is 2.28. The van der Waals surface area contributed by atoms with Gasteiger partial charge in [-0.2, -0.15) is 0 Å². The predicted molar refractivity (Wildman–Crippen MR) is 70.3 cm³/mol. The van der Waals surface area contributed by atoms with Crippen LogP contribution in [0.3, 0.4) is 0 Å². The van der Waals surface area contributed by atoms with Crippen LogP contribution < -0.4 is 0 Å². The van der Waals surface area contributed by atoms with E-state index in [4.69, 9.17) is 24.1 Å². The summed E-state index contributed by atoms with van der Waals surface area (Å²) in [6, 6.07) is 0. The minimum atomic E-state index is -0.893. The molecule has 0 fully saturated rings. The molecular weight excluding hydrogens is 252 g/mol. The van der Waals surface area contributed by atoms with E-state index in [1.54, 1.807) is 20.1 Å². The van der Waals surface area contributed by atoms with E-state index < -0.39 is 5.97 Å². The molecule has 0 atom stereocenters. The third-order valence-electron chi connectivity index (χ3n) is 2.28. The van der Waals surface area contributed by atoms with Crippen molar-refractivity contribution in [2.45, 2.75) is 13.3 Å². The van der Waals surface area contributed by atoms with Crippen molar-refractivity contribution in [3.63, 3.8) is 0 Å². The van der Waals surface area contributed by atoms with Gasteiger partial charge in [-0.25, -0.2) is 4.79 Å². The smallest absolute Gasteiger partial charge is 0.331 e. The van der Waals surface area contributed by atoms with Gasteiger partial charge in [0.05, 0.1) is 46.2 Å². The quantitative estimate of drug-likeness (QED) is 0.401. The molecule has 0 aliphatic rings. The molecule has 0 aliphatic heterocycles. The maximum atomic E-state index is 10.7. The molecule has 0 aliphatic carbocycles. The highest BCUT2D eigenvalue weighted by atomic mass is 16.6. The highest BCUT2D eigenvalue weighted by Gasteiger charge is 2.02. The predicted octanol–water partition coefficient (Wildman–Crippen LogP) is 1.10. The van der Waals surface area contributed by atoms with E-state index in [-0.39, 0.29) is 0 Å². The molecule has 0 amide bonds. The molecule has 0 aromatic carbocycles. The molecular formula is C13H24O6. The number of methoxy groups -OCH3 is 1. The van der Waals surface area contributed by atoms with Crippen molar-refractivity contribution in [1.82, 2.24) is 0 Å². The van der Waals surface area contributed by atoms with Crippen LogP contribution in [0.2, 0.25) is 0 Å². The van der Waals surface area contributed by atoms with Gasteiger partial charge in [-0.05, 0) is 12.5 Å². The van der Waals surface area contributed by atoms with Gasteiger partial charge in [-0.3, -0.25) is 0 Å². The summed E-state index contributed by atoms with van der Waals surface area (Å²) in [4.78, 5) is 10.7. The summed E-state index contributed by atoms with van der Waals surface area (Å²) in [5.74, 6) is -0.893. The molecule has 112 valence electrons. The topological polar surface area (TPSA) is 74.2 Å². The number of ether oxygens (including phenoxy) is 4. The van der Waals surface area contributed by atoms with Gasteiger partial charge in [0.25, 0.3) is 0 Å². The zero-order valence-corrected chi connectivity index (χ0v) is 11.7. The number of hydrogen-bond donors (Lipinski definition) is 1. The molecule has 0 unspecified atom stereocenters. The van der Waals surface area contributed by atoms with Crippen LogP contribution in [-0.2, 0) is 23.7 Å². The molecule has 0 bridgehead atoms. The summed E-state index contributed by atoms with van der Waals surface area (Å²) >= 11 is 0. The molecule has 6 heteroatoms. The molecule has 0 saturated carbocycles. The van der Waals surface area contributed by atoms with Gasteiger partial charge in [0.1, 0.15) is 0 Å². The minimum Gasteiger partial charge on any atom is -0.478 e. The summed E-state index contributed by atoms with van der Waals surface area (Å²) in [7, 11) is 1.62. The van der Waals surface area contributed by atoms with Crippen molar-refractivity contribution >= 4 is 5.97 Å². The van der Waals surface area contributed by atoms with E-state index in [2.05, 4.69) is 0 Å². The second-order valence-electron chi connectivity index (χ2n) is 3.68. The van der Waals surface area contributed by atoms with E-state index in [0.29, 0.717) is 58.2 Å². The average Bonchev–Trinajstić information content (AvgIpc) is 2.40. The number of rotatable bonds is 13. The highest BCUT2D eigenvalue weighted by molar-refractivity contribution is 5.86. The molecule has 0 aromatic heterocycles. The number of aliphatic carboxylic acids is 1. The zero-order valence-electron chi connectivity index (χ0n) is 11.7. The SMILES string of the molecule is CCC(=CCOCCOCCOCCOC)C(=O)O. The first-order chi connectivity index (χ1) is 9.22. The zero-order chi connectivity index (χ0) is 14.3. The normalized spacial score (nSPS) is 11.8. The van der Waals surface area contributed by atoms with Crippen LogP contribution in [0.25, 0.3) is 0 Å². The van der Waals surface area contributed by atoms with Crippen molar-refractivity contribution < 1.29 is 28.8 Å². The Morgan fingerprint density at radius 3 is 2.00 bits per heavy atom. The molecule has 6 nitrogen and oxygen atoms in total. The Morgan fingerprint density at radius 1 is 1.00 bits per heavy atom. The fraction of sp³-hybridized carbons (Fsp3) is 0.769. The molecule has 0 saturated heterocycles. The Hall–Kier alpha value is -0.950. The van der Waals surface area contributed by atoms with Gasteiger partial charge in [-0.15, -0.1) is 0 Å². The van der Waals surface area contributed by atoms with Crippen molar-refractivity contribution in [1.29, 1.82) is 0 Å². The number of carboxylic acid groups (broad SMARTS) is 1. The van der Waals surface area contributed by atoms with E-state index in [9.17, 15) is 4.79 Å². The summed E-state index contributed by atoms with van der Waals surface area (Å²) in [5, 5.41) is 8.76. The van der Waals surface area contributed by atoms with Gasteiger partial charge in [0.15, 0.2) is 0 Å². The molecule has 0 rings (SSSR count). The number of carboxylic acids is 1. The van der Waals surface area contributed by atoms with Crippen LogP contribution in [0.1, 0.15) is 13.3 Å². The van der Waals surface area contributed by atoms with Crippen LogP contribution in [0.15, 0.2) is 11.6 Å². The summed E-state index contributed by atoms with van der Waals surface area (Å²) in [6.45, 7) is 5.19. The Kier molecular flexibility index (Phi) is 12.8. The van der Waals surface area contributed by atoms with E-state index in [1.165, 1.54) is 0 Å². The molecule has 1 N–H and O–H groups in total. The second kappa shape index (κ2) is 13.5. The first-order valence-electron chi connectivity index (χ1n) is 6.36. The lowest BCUT2D eigenvalue weighted by molar-refractivity contribution is -0.132. The Bertz CT molecular complexity index is 252. The Balaban J connectivity index is 3.29. The van der Waals surface area contributed by atoms with Gasteiger partial charge < -0.3 is 24.1 Å². The molecule has 0 heterocycles. The fourth-order valence-electron chi connectivity index (χ4n) is 1.21. The molecule has 0 spiro atoms. The maximum absolute atomic E-state index is 10.7. The third kappa shape index (κ3) is 11.9. The van der Waals surface area contributed by atoms with Crippen molar-refractivity contribution in [3.05, 3.63) is 11.6 Å². The van der Waals surface area contributed by atoms with Crippen LogP contribution in [0, 0.1) is 0 Å². The second-order valence-corrected chi connectivity index (χ2v) is 3.68. The van der Waals surface area contributed by atoms with Gasteiger partial charge in [0, 0.05) is 12.7 Å². The lowest BCUT2D eigenvalue weighted by Gasteiger charge is -2.05. The minimum absolute atomic E-state index is 0.295. The van der Waals surface area contributed by atoms with Crippen LogP contribution in [0.5, 0.6) is 0 Å². The Morgan fingerprint density at radius 2 is 1.53 bits per heavy atom. The highest BCUT2D eigenvalue weighted by Crippen LogP contribution is 1.99. The van der Waals surface area contributed by atoms with Crippen molar-refractivity contribution in [2.75, 3.05) is 53.4 Å². The van der Waals surface area contributed by atoms with E-state index in [0.717, 1.165) is 0 Å². The van der Waals surface area contributed by atoms with Gasteiger partial charge >= 0.3 is 5.97 Å². The largest absolute Gasteiger partial charge is 0.478 e. The summed E-state index contributed by atoms with van der Waals surface area (Å²) in [5.41, 5.74) is 0.368. The van der Waals surface area contributed by atoms with Gasteiger partial charge in [-0.1, -0.05) is 6.92 Å². The van der Waals surface area contributed by atoms with Crippen LogP contribution >= 0.6 is 0 Å². The lowest BCUT2D eigenvalue weighted by Crippen LogP contribution is -2.11.